The standard InChI is InChI=1S/C21H22FNO6/c1-2-3-4-5-6-12-28-20(24)15-8-7-9-16(13-15)21(25)29-19-14-17(22)10-11-18(19)23(26)27/h7-11,13-14H,2-6,12H2,1H3. The largest absolute Gasteiger partial charge is 0.462 e. The molecule has 29 heavy (non-hydrogen) atoms. The van der Waals surface area contributed by atoms with Gasteiger partial charge in [0.05, 0.1) is 22.7 Å². The first-order chi connectivity index (χ1) is 13.9. The molecule has 0 amide bonds. The van der Waals surface area contributed by atoms with Crippen LogP contribution in [0.1, 0.15) is 59.7 Å². The number of carbonyl (C=O) groups excluding carboxylic acids is 2. The van der Waals surface area contributed by atoms with Crippen molar-refractivity contribution in [2.45, 2.75) is 39.0 Å². The van der Waals surface area contributed by atoms with Crippen LogP contribution in [0.4, 0.5) is 10.1 Å². The zero-order valence-corrected chi connectivity index (χ0v) is 16.1. The lowest BCUT2D eigenvalue weighted by molar-refractivity contribution is -0.385. The van der Waals surface area contributed by atoms with Crippen molar-refractivity contribution in [1.29, 1.82) is 0 Å². The minimum absolute atomic E-state index is 0.0130. The maximum Gasteiger partial charge on any atom is 0.343 e. The summed E-state index contributed by atoms with van der Waals surface area (Å²) in [6.07, 6.45) is 5.08. The Morgan fingerprint density at radius 2 is 1.69 bits per heavy atom. The molecule has 0 aliphatic heterocycles. The molecule has 0 N–H and O–H groups in total. The normalized spacial score (nSPS) is 10.4. The van der Waals surface area contributed by atoms with Gasteiger partial charge < -0.3 is 9.47 Å². The second-order valence-electron chi connectivity index (χ2n) is 6.39. The molecule has 0 saturated heterocycles. The predicted octanol–water partition coefficient (Wildman–Crippen LogP) is 5.08. The van der Waals surface area contributed by atoms with E-state index in [0.717, 1.165) is 50.3 Å². The first-order valence-electron chi connectivity index (χ1n) is 9.35. The summed E-state index contributed by atoms with van der Waals surface area (Å²) in [6.45, 7) is 2.40. The molecule has 154 valence electrons. The topological polar surface area (TPSA) is 95.7 Å². The van der Waals surface area contributed by atoms with Gasteiger partial charge in [0.25, 0.3) is 0 Å². The highest BCUT2D eigenvalue weighted by Crippen LogP contribution is 2.28. The molecule has 2 aromatic rings. The molecule has 8 heteroatoms. The first kappa shape index (κ1) is 22.0. The Morgan fingerprint density at radius 3 is 2.38 bits per heavy atom. The number of hydrogen-bond acceptors (Lipinski definition) is 6. The Hall–Kier alpha value is -3.29. The number of benzene rings is 2. The van der Waals surface area contributed by atoms with Gasteiger partial charge in [0.1, 0.15) is 5.82 Å². The van der Waals surface area contributed by atoms with Gasteiger partial charge in [-0.1, -0.05) is 38.7 Å². The lowest BCUT2D eigenvalue weighted by atomic mass is 10.1. The molecule has 0 spiro atoms. The van der Waals surface area contributed by atoms with Crippen LogP contribution in [0.2, 0.25) is 0 Å². The van der Waals surface area contributed by atoms with Crippen molar-refractivity contribution in [2.24, 2.45) is 0 Å². The van der Waals surface area contributed by atoms with Gasteiger partial charge in [-0.2, -0.15) is 0 Å². The summed E-state index contributed by atoms with van der Waals surface area (Å²) in [4.78, 5) is 34.7. The maximum atomic E-state index is 13.4. The fraction of sp³-hybridized carbons (Fsp3) is 0.333. The van der Waals surface area contributed by atoms with E-state index in [-0.39, 0.29) is 17.7 Å². The monoisotopic (exact) mass is 403 g/mol. The van der Waals surface area contributed by atoms with Crippen LogP contribution in [0.5, 0.6) is 5.75 Å². The van der Waals surface area contributed by atoms with E-state index in [4.69, 9.17) is 9.47 Å². The molecule has 0 saturated carbocycles. The van der Waals surface area contributed by atoms with Gasteiger partial charge >= 0.3 is 17.6 Å². The second-order valence-corrected chi connectivity index (χ2v) is 6.39. The molecule has 0 atom stereocenters. The average molecular weight is 403 g/mol. The fourth-order valence-corrected chi connectivity index (χ4v) is 2.61. The van der Waals surface area contributed by atoms with Crippen molar-refractivity contribution < 1.29 is 28.4 Å². The smallest absolute Gasteiger partial charge is 0.343 e. The number of unbranched alkanes of at least 4 members (excludes halogenated alkanes) is 4. The van der Waals surface area contributed by atoms with E-state index in [1.165, 1.54) is 24.3 Å². The fourth-order valence-electron chi connectivity index (χ4n) is 2.61. The Kier molecular flexibility index (Phi) is 8.27. The van der Waals surface area contributed by atoms with Crippen molar-refractivity contribution in [3.63, 3.8) is 0 Å². The van der Waals surface area contributed by atoms with E-state index in [1.807, 2.05) is 0 Å². The Labute approximate surface area is 167 Å². The number of carbonyl (C=O) groups is 2. The third-order valence-electron chi connectivity index (χ3n) is 4.14. The molecule has 0 aliphatic carbocycles. The van der Waals surface area contributed by atoms with Crippen LogP contribution >= 0.6 is 0 Å². The number of nitro benzene ring substituents is 1. The summed E-state index contributed by atoms with van der Waals surface area (Å²) in [6, 6.07) is 8.17. The number of rotatable bonds is 10. The zero-order chi connectivity index (χ0) is 21.2. The maximum absolute atomic E-state index is 13.4. The van der Waals surface area contributed by atoms with Crippen LogP contribution in [0.25, 0.3) is 0 Å². The predicted molar refractivity (Wildman–Crippen MR) is 103 cm³/mol. The minimum atomic E-state index is -0.951. The average Bonchev–Trinajstić information content (AvgIpc) is 2.70. The number of hydrogen-bond donors (Lipinski definition) is 0. The lowest BCUT2D eigenvalue weighted by Crippen LogP contribution is -2.12. The van der Waals surface area contributed by atoms with Crippen molar-refractivity contribution in [1.82, 2.24) is 0 Å². The molecule has 0 bridgehead atoms. The number of nitro groups is 1. The second kappa shape index (κ2) is 10.9. The number of esters is 2. The van der Waals surface area contributed by atoms with Gasteiger partial charge in [0.15, 0.2) is 0 Å². The number of halogens is 1. The SMILES string of the molecule is CCCCCCCOC(=O)c1cccc(C(=O)Oc2cc(F)ccc2[N+](=O)[O-])c1. The first-order valence-corrected chi connectivity index (χ1v) is 9.35. The van der Waals surface area contributed by atoms with Gasteiger partial charge in [-0.3, -0.25) is 10.1 Å². The van der Waals surface area contributed by atoms with Crippen LogP contribution in [0, 0.1) is 15.9 Å². The van der Waals surface area contributed by atoms with E-state index < -0.39 is 34.1 Å². The molecule has 0 aromatic heterocycles. The Balaban J connectivity index is 2.02. The van der Waals surface area contributed by atoms with Crippen LogP contribution < -0.4 is 4.74 Å². The molecule has 0 aliphatic rings. The highest BCUT2D eigenvalue weighted by Gasteiger charge is 2.20. The van der Waals surface area contributed by atoms with Crippen molar-refractivity contribution in [3.8, 4) is 5.75 Å². The summed E-state index contributed by atoms with van der Waals surface area (Å²) < 4.78 is 23.5. The third kappa shape index (κ3) is 6.67. The van der Waals surface area contributed by atoms with Gasteiger partial charge in [-0.25, -0.2) is 14.0 Å². The molecule has 0 radical (unpaired) electrons. The number of nitrogens with zero attached hydrogens (tertiary/aromatic N) is 1. The summed E-state index contributed by atoms with van der Waals surface area (Å²) in [7, 11) is 0. The Morgan fingerprint density at radius 1 is 1.00 bits per heavy atom. The summed E-state index contributed by atoms with van der Waals surface area (Å²) in [5, 5.41) is 11.0. The van der Waals surface area contributed by atoms with Crippen molar-refractivity contribution in [2.75, 3.05) is 6.61 Å². The zero-order valence-electron chi connectivity index (χ0n) is 16.1. The highest BCUT2D eigenvalue weighted by molar-refractivity contribution is 5.96. The van der Waals surface area contributed by atoms with Crippen LogP contribution in [-0.4, -0.2) is 23.5 Å². The summed E-state index contributed by atoms with van der Waals surface area (Å²) in [5.74, 6) is -2.82. The van der Waals surface area contributed by atoms with E-state index in [2.05, 4.69) is 6.92 Å². The lowest BCUT2D eigenvalue weighted by Gasteiger charge is -2.08. The molecule has 7 nitrogen and oxygen atoms in total. The van der Waals surface area contributed by atoms with Crippen molar-refractivity contribution in [3.05, 3.63) is 69.5 Å². The van der Waals surface area contributed by atoms with Gasteiger partial charge in [-0.15, -0.1) is 0 Å². The highest BCUT2D eigenvalue weighted by atomic mass is 19.1. The van der Waals surface area contributed by atoms with E-state index in [9.17, 15) is 24.1 Å². The van der Waals surface area contributed by atoms with E-state index in [0.29, 0.717) is 0 Å². The molecule has 0 heterocycles. The van der Waals surface area contributed by atoms with Crippen LogP contribution in [0.3, 0.4) is 0 Å². The molecular weight excluding hydrogens is 381 g/mol. The minimum Gasteiger partial charge on any atom is -0.462 e. The molecule has 0 fully saturated rings. The van der Waals surface area contributed by atoms with Gasteiger partial charge in [0, 0.05) is 12.1 Å². The number of ether oxygens (including phenoxy) is 2. The van der Waals surface area contributed by atoms with Crippen molar-refractivity contribution >= 4 is 17.6 Å². The van der Waals surface area contributed by atoms with Gasteiger partial charge in [-0.05, 0) is 30.7 Å². The quantitative estimate of drug-likeness (QED) is 0.180. The Bertz CT molecular complexity index is 883. The summed E-state index contributed by atoms with van der Waals surface area (Å²) >= 11 is 0. The van der Waals surface area contributed by atoms with E-state index in [1.54, 1.807) is 0 Å². The van der Waals surface area contributed by atoms with Crippen LogP contribution in [0.15, 0.2) is 42.5 Å². The molecule has 2 rings (SSSR count). The molecular formula is C21H22FNO6. The third-order valence-corrected chi connectivity index (χ3v) is 4.14. The van der Waals surface area contributed by atoms with Crippen LogP contribution in [-0.2, 0) is 4.74 Å². The molecule has 0 unspecified atom stereocenters. The summed E-state index contributed by atoms with van der Waals surface area (Å²) in [5.41, 5.74) is -0.402. The van der Waals surface area contributed by atoms with Gasteiger partial charge in [0.2, 0.25) is 5.75 Å². The van der Waals surface area contributed by atoms with E-state index >= 15 is 0 Å². The molecule has 2 aromatic carbocycles.